The van der Waals surface area contributed by atoms with E-state index >= 15 is 0 Å². The third-order valence-corrected chi connectivity index (χ3v) is 5.57. The molecule has 7 heteroatoms. The Labute approximate surface area is 219 Å². The van der Waals surface area contributed by atoms with Gasteiger partial charge in [-0.2, -0.15) is 0 Å². The molecule has 0 bridgehead atoms. The van der Waals surface area contributed by atoms with Gasteiger partial charge in [0, 0.05) is 6.42 Å². The van der Waals surface area contributed by atoms with Crippen molar-refractivity contribution < 1.29 is 33.2 Å². The molecule has 0 aromatic heterocycles. The third-order valence-electron chi connectivity index (χ3n) is 5.57. The summed E-state index contributed by atoms with van der Waals surface area (Å²) in [5.74, 6) is -0.126. The van der Waals surface area contributed by atoms with Gasteiger partial charge in [-0.25, -0.2) is 0 Å². The molecule has 0 saturated carbocycles. The van der Waals surface area contributed by atoms with Crippen molar-refractivity contribution in [3.05, 3.63) is 35.9 Å². The maximum Gasteiger partial charge on any atom is 0.305 e. The van der Waals surface area contributed by atoms with Crippen molar-refractivity contribution in [1.82, 2.24) is 0 Å². The van der Waals surface area contributed by atoms with Crippen LogP contribution in [-0.4, -0.2) is 72.0 Å². The van der Waals surface area contributed by atoms with Crippen molar-refractivity contribution >= 4 is 5.97 Å². The first-order valence-corrected chi connectivity index (χ1v) is 13.9. The molecule has 0 unspecified atom stereocenters. The van der Waals surface area contributed by atoms with Crippen LogP contribution in [0.4, 0.5) is 0 Å². The summed E-state index contributed by atoms with van der Waals surface area (Å²) < 4.78 is 32.6. The van der Waals surface area contributed by atoms with Gasteiger partial charge in [-0.05, 0) is 12.0 Å². The lowest BCUT2D eigenvalue weighted by Gasteiger charge is -2.08. The van der Waals surface area contributed by atoms with Crippen LogP contribution >= 0.6 is 0 Å². The van der Waals surface area contributed by atoms with E-state index in [4.69, 9.17) is 28.4 Å². The Hall–Kier alpha value is -1.51. The fourth-order valence-corrected chi connectivity index (χ4v) is 3.51. The minimum absolute atomic E-state index is 0.126. The van der Waals surface area contributed by atoms with Crippen LogP contribution < -0.4 is 0 Å². The summed E-state index contributed by atoms with van der Waals surface area (Å²) >= 11 is 0. The molecule has 0 amide bonds. The Bertz CT molecular complexity index is 582. The highest BCUT2D eigenvalue weighted by Gasteiger charge is 2.02. The molecule has 7 nitrogen and oxygen atoms in total. The van der Waals surface area contributed by atoms with Crippen LogP contribution in [0.25, 0.3) is 0 Å². The second-order valence-corrected chi connectivity index (χ2v) is 8.79. The number of hydrogen-bond donors (Lipinski definition) is 0. The number of carbonyl (C=O) groups is 1. The van der Waals surface area contributed by atoms with E-state index in [0.29, 0.717) is 79.1 Å². The molecule has 0 N–H and O–H groups in total. The number of carbonyl (C=O) groups excluding carboxylic acids is 1. The fraction of sp³-hybridized carbons (Fsp3) is 0.759. The Morgan fingerprint density at radius 1 is 0.556 bits per heavy atom. The highest BCUT2D eigenvalue weighted by molar-refractivity contribution is 5.69. The van der Waals surface area contributed by atoms with Crippen LogP contribution in [0.2, 0.25) is 0 Å². The van der Waals surface area contributed by atoms with Crippen molar-refractivity contribution in [2.24, 2.45) is 0 Å². The zero-order valence-electron chi connectivity index (χ0n) is 22.6. The molecule has 0 radical (unpaired) electrons. The Kier molecular flexibility index (Phi) is 24.0. The van der Waals surface area contributed by atoms with Crippen molar-refractivity contribution in [2.45, 2.75) is 77.7 Å². The van der Waals surface area contributed by atoms with Gasteiger partial charge in [0.15, 0.2) is 0 Å². The summed E-state index contributed by atoms with van der Waals surface area (Å²) in [7, 11) is 0. The van der Waals surface area contributed by atoms with Gasteiger partial charge in [-0.3, -0.25) is 4.79 Å². The van der Waals surface area contributed by atoms with Crippen molar-refractivity contribution in [1.29, 1.82) is 0 Å². The summed E-state index contributed by atoms with van der Waals surface area (Å²) in [6.45, 7) is 7.73. The standard InChI is InChI=1S/C29H50O7/c1-2-3-4-5-6-7-8-9-13-16-29(30)36-26-25-34-22-21-32-18-17-31-19-20-33-23-24-35-27-28-14-11-10-12-15-28/h10-12,14-15H,2-9,13,16-27H2,1H3. The van der Waals surface area contributed by atoms with E-state index in [1.807, 2.05) is 30.3 Å². The average molecular weight is 511 g/mol. The molecule has 0 heterocycles. The van der Waals surface area contributed by atoms with E-state index in [0.717, 1.165) is 18.4 Å². The molecule has 1 aromatic rings. The van der Waals surface area contributed by atoms with E-state index in [1.54, 1.807) is 0 Å². The van der Waals surface area contributed by atoms with Gasteiger partial charge in [0.1, 0.15) is 6.61 Å². The predicted molar refractivity (Wildman–Crippen MR) is 142 cm³/mol. The summed E-state index contributed by atoms with van der Waals surface area (Å²) in [6.07, 6.45) is 11.7. The Morgan fingerprint density at radius 3 is 1.53 bits per heavy atom. The van der Waals surface area contributed by atoms with Gasteiger partial charge in [-0.1, -0.05) is 88.6 Å². The minimum atomic E-state index is -0.126. The topological polar surface area (TPSA) is 72.5 Å². The zero-order chi connectivity index (χ0) is 25.8. The minimum Gasteiger partial charge on any atom is -0.463 e. The zero-order valence-corrected chi connectivity index (χ0v) is 22.6. The molecule has 1 rings (SSSR count). The first-order valence-electron chi connectivity index (χ1n) is 13.9. The van der Waals surface area contributed by atoms with Gasteiger partial charge in [0.25, 0.3) is 0 Å². The number of esters is 1. The maximum atomic E-state index is 11.7. The molecule has 0 atom stereocenters. The van der Waals surface area contributed by atoms with Crippen LogP contribution in [0.3, 0.4) is 0 Å². The van der Waals surface area contributed by atoms with Crippen molar-refractivity contribution in [2.75, 3.05) is 66.1 Å². The van der Waals surface area contributed by atoms with Crippen LogP contribution in [-0.2, 0) is 39.8 Å². The number of benzene rings is 1. The molecule has 208 valence electrons. The van der Waals surface area contributed by atoms with Crippen LogP contribution in [0, 0.1) is 0 Å². The highest BCUT2D eigenvalue weighted by atomic mass is 16.6. The van der Waals surface area contributed by atoms with Crippen LogP contribution in [0.5, 0.6) is 0 Å². The molecule has 0 aliphatic carbocycles. The SMILES string of the molecule is CCCCCCCCCCCC(=O)OCCOCCOCCOCCOCCOCc1ccccc1. The lowest BCUT2D eigenvalue weighted by Crippen LogP contribution is -2.15. The summed E-state index contributed by atoms with van der Waals surface area (Å²) in [4.78, 5) is 11.7. The van der Waals surface area contributed by atoms with Crippen LogP contribution in [0.1, 0.15) is 76.7 Å². The van der Waals surface area contributed by atoms with E-state index in [1.165, 1.54) is 44.9 Å². The monoisotopic (exact) mass is 510 g/mol. The largest absolute Gasteiger partial charge is 0.463 e. The normalized spacial score (nSPS) is 11.1. The Balaban J connectivity index is 1.69. The summed E-state index contributed by atoms with van der Waals surface area (Å²) in [5, 5.41) is 0. The van der Waals surface area contributed by atoms with Gasteiger partial charge in [-0.15, -0.1) is 0 Å². The van der Waals surface area contributed by atoms with Gasteiger partial charge < -0.3 is 28.4 Å². The van der Waals surface area contributed by atoms with E-state index in [9.17, 15) is 4.79 Å². The molecule has 1 aromatic carbocycles. The van der Waals surface area contributed by atoms with Crippen LogP contribution in [0.15, 0.2) is 30.3 Å². The van der Waals surface area contributed by atoms with E-state index < -0.39 is 0 Å². The molecular weight excluding hydrogens is 460 g/mol. The molecule has 0 spiro atoms. The second-order valence-electron chi connectivity index (χ2n) is 8.79. The Morgan fingerprint density at radius 2 is 1.00 bits per heavy atom. The van der Waals surface area contributed by atoms with E-state index in [2.05, 4.69) is 6.92 Å². The lowest BCUT2D eigenvalue weighted by atomic mass is 10.1. The van der Waals surface area contributed by atoms with Crippen molar-refractivity contribution in [3.8, 4) is 0 Å². The molecular formula is C29H50O7. The van der Waals surface area contributed by atoms with Crippen molar-refractivity contribution in [3.63, 3.8) is 0 Å². The third kappa shape index (κ3) is 22.9. The first-order chi connectivity index (χ1) is 17.8. The second kappa shape index (κ2) is 26.6. The smallest absolute Gasteiger partial charge is 0.305 e. The fourth-order valence-electron chi connectivity index (χ4n) is 3.51. The molecule has 0 aliphatic rings. The quantitative estimate of drug-likeness (QED) is 0.110. The van der Waals surface area contributed by atoms with Gasteiger partial charge >= 0.3 is 5.97 Å². The number of ether oxygens (including phenoxy) is 6. The maximum absolute atomic E-state index is 11.7. The molecule has 0 fully saturated rings. The number of rotatable bonds is 27. The van der Waals surface area contributed by atoms with Gasteiger partial charge in [0.2, 0.25) is 0 Å². The van der Waals surface area contributed by atoms with E-state index in [-0.39, 0.29) is 5.97 Å². The number of hydrogen-bond acceptors (Lipinski definition) is 7. The summed E-state index contributed by atoms with van der Waals surface area (Å²) in [6, 6.07) is 10.1. The number of unbranched alkanes of at least 4 members (excludes halogenated alkanes) is 8. The molecule has 0 aliphatic heterocycles. The first kappa shape index (κ1) is 32.5. The lowest BCUT2D eigenvalue weighted by molar-refractivity contribution is -0.145. The molecule has 36 heavy (non-hydrogen) atoms. The molecule has 0 saturated heterocycles. The van der Waals surface area contributed by atoms with Gasteiger partial charge in [0.05, 0.1) is 66.1 Å². The summed E-state index contributed by atoms with van der Waals surface area (Å²) in [5.41, 5.74) is 1.16. The highest BCUT2D eigenvalue weighted by Crippen LogP contribution is 2.10. The predicted octanol–water partition coefficient (Wildman–Crippen LogP) is 5.73. The average Bonchev–Trinajstić information content (AvgIpc) is 2.90.